The summed E-state index contributed by atoms with van der Waals surface area (Å²) in [4.78, 5) is 25.0. The van der Waals surface area contributed by atoms with Gasteiger partial charge in [0, 0.05) is 5.69 Å². The number of benzene rings is 2. The number of esters is 1. The number of carbonyl (C=O) groups excluding carboxylic acids is 2. The number of carbonyl (C=O) groups is 2. The second kappa shape index (κ2) is 8.08. The molecule has 144 valence electrons. The van der Waals surface area contributed by atoms with Crippen LogP contribution in [0.5, 0.6) is 0 Å². The van der Waals surface area contributed by atoms with Crippen LogP contribution in [0.2, 0.25) is 0 Å². The van der Waals surface area contributed by atoms with Gasteiger partial charge < -0.3 is 10.1 Å². The predicted octanol–water partition coefficient (Wildman–Crippen LogP) is 3.98. The Hall–Kier alpha value is -3.41. The molecular weight excluding hydrogens is 354 g/mol. The van der Waals surface area contributed by atoms with Gasteiger partial charge in [0.25, 0.3) is 5.91 Å². The van der Waals surface area contributed by atoms with Gasteiger partial charge in [-0.3, -0.25) is 4.79 Å². The third-order valence-electron chi connectivity index (χ3n) is 4.47. The van der Waals surface area contributed by atoms with Crippen molar-refractivity contribution >= 4 is 17.6 Å². The minimum absolute atomic E-state index is 0.374. The summed E-state index contributed by atoms with van der Waals surface area (Å²) in [5.41, 5.74) is 4.20. The van der Waals surface area contributed by atoms with Gasteiger partial charge in [0.2, 0.25) is 0 Å². The van der Waals surface area contributed by atoms with Crippen LogP contribution in [0.15, 0.2) is 54.6 Å². The average Bonchev–Trinajstić information content (AvgIpc) is 2.98. The van der Waals surface area contributed by atoms with Crippen LogP contribution in [0.4, 0.5) is 5.69 Å². The molecule has 3 aromatic rings. The SMILES string of the molecule is Cc1ccc(NC(=O)[C@@H](C)OC(=O)c2c(C)nn(-c3ccccc3)c2C)cc1. The van der Waals surface area contributed by atoms with E-state index in [-0.39, 0.29) is 5.91 Å². The first-order chi connectivity index (χ1) is 13.4. The van der Waals surface area contributed by atoms with Crippen LogP contribution >= 0.6 is 0 Å². The van der Waals surface area contributed by atoms with Gasteiger partial charge in [0.05, 0.1) is 17.1 Å². The predicted molar refractivity (Wildman–Crippen MR) is 108 cm³/mol. The smallest absolute Gasteiger partial charge is 0.342 e. The van der Waals surface area contributed by atoms with Crippen molar-refractivity contribution in [3.05, 3.63) is 77.1 Å². The number of aromatic nitrogens is 2. The second-order valence-corrected chi connectivity index (χ2v) is 6.70. The summed E-state index contributed by atoms with van der Waals surface area (Å²) in [5.74, 6) is -0.952. The van der Waals surface area contributed by atoms with Gasteiger partial charge in [0.1, 0.15) is 5.56 Å². The van der Waals surface area contributed by atoms with Gasteiger partial charge in [-0.15, -0.1) is 0 Å². The fourth-order valence-corrected chi connectivity index (χ4v) is 2.91. The Morgan fingerprint density at radius 2 is 1.64 bits per heavy atom. The van der Waals surface area contributed by atoms with Crippen LogP contribution < -0.4 is 5.32 Å². The third-order valence-corrected chi connectivity index (χ3v) is 4.47. The van der Waals surface area contributed by atoms with Crippen molar-refractivity contribution in [2.24, 2.45) is 0 Å². The molecule has 0 saturated heterocycles. The zero-order chi connectivity index (χ0) is 20.3. The fraction of sp³-hybridized carbons (Fsp3) is 0.227. The number of amides is 1. The first kappa shape index (κ1) is 19.4. The van der Waals surface area contributed by atoms with Crippen molar-refractivity contribution in [3.8, 4) is 5.69 Å². The summed E-state index contributed by atoms with van der Waals surface area (Å²) in [7, 11) is 0. The highest BCUT2D eigenvalue weighted by atomic mass is 16.5. The Balaban J connectivity index is 1.73. The minimum atomic E-state index is -0.937. The van der Waals surface area contributed by atoms with E-state index in [1.165, 1.54) is 0 Å². The van der Waals surface area contributed by atoms with E-state index in [4.69, 9.17) is 4.74 Å². The van der Waals surface area contributed by atoms with Gasteiger partial charge in [-0.05, 0) is 52.0 Å². The standard InChI is InChI=1S/C22H23N3O3/c1-14-10-12-18(13-11-14)23-21(26)17(4)28-22(27)20-15(2)24-25(16(20)3)19-8-6-5-7-9-19/h5-13,17H,1-4H3,(H,23,26)/t17-/m1/s1. The fourth-order valence-electron chi connectivity index (χ4n) is 2.91. The zero-order valence-corrected chi connectivity index (χ0v) is 16.4. The number of nitrogens with zero attached hydrogens (tertiary/aromatic N) is 2. The Morgan fingerprint density at radius 3 is 2.29 bits per heavy atom. The number of ether oxygens (including phenoxy) is 1. The number of hydrogen-bond donors (Lipinski definition) is 1. The van der Waals surface area contributed by atoms with E-state index in [0.717, 1.165) is 11.3 Å². The van der Waals surface area contributed by atoms with Crippen LogP contribution in [-0.4, -0.2) is 27.8 Å². The molecule has 1 atom stereocenters. The molecule has 0 bridgehead atoms. The van der Waals surface area contributed by atoms with Crippen molar-refractivity contribution in [2.45, 2.75) is 33.8 Å². The molecule has 6 nitrogen and oxygen atoms in total. The van der Waals surface area contributed by atoms with Gasteiger partial charge in [-0.2, -0.15) is 5.10 Å². The molecule has 28 heavy (non-hydrogen) atoms. The molecule has 3 rings (SSSR count). The molecule has 0 radical (unpaired) electrons. The number of hydrogen-bond acceptors (Lipinski definition) is 4. The van der Waals surface area contributed by atoms with Crippen molar-refractivity contribution in [1.29, 1.82) is 0 Å². The third kappa shape index (κ3) is 4.11. The van der Waals surface area contributed by atoms with Crippen LogP contribution in [0.3, 0.4) is 0 Å². The molecule has 0 unspecified atom stereocenters. The zero-order valence-electron chi connectivity index (χ0n) is 16.4. The minimum Gasteiger partial charge on any atom is -0.449 e. The Bertz CT molecular complexity index is 992. The quantitative estimate of drug-likeness (QED) is 0.683. The van der Waals surface area contributed by atoms with E-state index in [0.29, 0.717) is 22.6 Å². The van der Waals surface area contributed by atoms with E-state index < -0.39 is 12.1 Å². The first-order valence-electron chi connectivity index (χ1n) is 9.07. The summed E-state index contributed by atoms with van der Waals surface area (Å²) in [6.45, 7) is 7.07. The van der Waals surface area contributed by atoms with Crippen LogP contribution in [0.1, 0.15) is 34.2 Å². The van der Waals surface area contributed by atoms with Gasteiger partial charge in [-0.1, -0.05) is 35.9 Å². The Labute approximate surface area is 164 Å². The Kier molecular flexibility index (Phi) is 5.59. The van der Waals surface area contributed by atoms with E-state index in [1.54, 1.807) is 37.6 Å². The van der Waals surface area contributed by atoms with Crippen LogP contribution in [0.25, 0.3) is 5.69 Å². The monoisotopic (exact) mass is 377 g/mol. The maximum absolute atomic E-state index is 12.7. The lowest BCUT2D eigenvalue weighted by atomic mass is 10.2. The van der Waals surface area contributed by atoms with E-state index in [1.807, 2.05) is 49.4 Å². The summed E-state index contributed by atoms with van der Waals surface area (Å²) in [6, 6.07) is 17.0. The highest BCUT2D eigenvalue weighted by Crippen LogP contribution is 2.19. The normalized spacial score (nSPS) is 11.7. The van der Waals surface area contributed by atoms with E-state index >= 15 is 0 Å². The van der Waals surface area contributed by atoms with Gasteiger partial charge in [0.15, 0.2) is 6.10 Å². The Morgan fingerprint density at radius 1 is 1.00 bits per heavy atom. The van der Waals surface area contributed by atoms with Crippen LogP contribution in [-0.2, 0) is 9.53 Å². The highest BCUT2D eigenvalue weighted by molar-refractivity contribution is 5.98. The second-order valence-electron chi connectivity index (χ2n) is 6.70. The first-order valence-corrected chi connectivity index (χ1v) is 9.07. The van der Waals surface area contributed by atoms with Gasteiger partial charge >= 0.3 is 5.97 Å². The molecule has 2 aromatic carbocycles. The summed E-state index contributed by atoms with van der Waals surface area (Å²) >= 11 is 0. The van der Waals surface area contributed by atoms with Crippen molar-refractivity contribution in [1.82, 2.24) is 9.78 Å². The summed E-state index contributed by atoms with van der Waals surface area (Å²) < 4.78 is 7.10. The average molecular weight is 377 g/mol. The lowest BCUT2D eigenvalue weighted by Crippen LogP contribution is -2.30. The molecule has 0 aliphatic carbocycles. The molecule has 0 fully saturated rings. The molecule has 0 aliphatic rings. The lowest BCUT2D eigenvalue weighted by Gasteiger charge is -2.14. The molecule has 0 aliphatic heterocycles. The van der Waals surface area contributed by atoms with Crippen LogP contribution in [0, 0.1) is 20.8 Å². The number of rotatable bonds is 5. The van der Waals surface area contributed by atoms with Gasteiger partial charge in [-0.25, -0.2) is 9.48 Å². The van der Waals surface area contributed by atoms with E-state index in [9.17, 15) is 9.59 Å². The molecule has 1 amide bonds. The number of nitrogens with one attached hydrogen (secondary N) is 1. The molecule has 0 saturated carbocycles. The molecule has 1 aromatic heterocycles. The van der Waals surface area contributed by atoms with Crippen molar-refractivity contribution < 1.29 is 14.3 Å². The topological polar surface area (TPSA) is 73.2 Å². The molecule has 1 N–H and O–H groups in total. The van der Waals surface area contributed by atoms with Crippen molar-refractivity contribution in [2.75, 3.05) is 5.32 Å². The molecule has 6 heteroatoms. The molecular formula is C22H23N3O3. The number of aryl methyl sites for hydroxylation is 2. The summed E-state index contributed by atoms with van der Waals surface area (Å²) in [6.07, 6.45) is -0.937. The molecule has 1 heterocycles. The van der Waals surface area contributed by atoms with Crippen molar-refractivity contribution in [3.63, 3.8) is 0 Å². The molecule has 0 spiro atoms. The largest absolute Gasteiger partial charge is 0.449 e. The highest BCUT2D eigenvalue weighted by Gasteiger charge is 2.25. The number of anilines is 1. The maximum Gasteiger partial charge on any atom is 0.342 e. The van der Waals surface area contributed by atoms with E-state index in [2.05, 4.69) is 10.4 Å². The number of para-hydroxylation sites is 1. The maximum atomic E-state index is 12.7. The lowest BCUT2D eigenvalue weighted by molar-refractivity contribution is -0.123. The summed E-state index contributed by atoms with van der Waals surface area (Å²) in [5, 5.41) is 7.19.